The van der Waals surface area contributed by atoms with Crippen LogP contribution in [0.5, 0.6) is 0 Å². The van der Waals surface area contributed by atoms with Gasteiger partial charge in [-0.3, -0.25) is 9.05 Å². The molecule has 0 aromatic heterocycles. The number of hydrogen-bond donors (Lipinski definition) is 2. The van der Waals surface area contributed by atoms with E-state index in [0.717, 1.165) is 28.9 Å². The van der Waals surface area contributed by atoms with E-state index in [2.05, 4.69) is 4.76 Å². The van der Waals surface area contributed by atoms with E-state index in [1.165, 1.54) is 14.0 Å². The summed E-state index contributed by atoms with van der Waals surface area (Å²) >= 11 is 0. The fourth-order valence-electron chi connectivity index (χ4n) is 3.97. The number of carbonyl (C=O) groups excluding carboxylic acids is 2. The van der Waals surface area contributed by atoms with Gasteiger partial charge in [0.15, 0.2) is 0 Å². The van der Waals surface area contributed by atoms with E-state index in [-0.39, 0.29) is 45.6 Å². The van der Waals surface area contributed by atoms with E-state index in [0.29, 0.717) is 38.5 Å². The SMILES string of the molecule is CC(C(=O)O)N(C)C(N)=NP(=O)(OCCCCOC(=O)OCCCc1ccccc1)OCCCCOC(=O)OCCCc1ccccc1. The first kappa shape index (κ1) is 40.0. The lowest BCUT2D eigenvalue weighted by atomic mass is 10.1. The number of carboxylic acid groups (broad SMARTS) is 1. The predicted octanol–water partition coefficient (Wildman–Crippen LogP) is 5.98. The van der Waals surface area contributed by atoms with Crippen molar-refractivity contribution in [3.63, 3.8) is 0 Å². The molecule has 15 heteroatoms. The van der Waals surface area contributed by atoms with Crippen molar-refractivity contribution in [3.05, 3.63) is 71.8 Å². The Labute approximate surface area is 282 Å². The zero-order valence-electron chi connectivity index (χ0n) is 27.7. The maximum Gasteiger partial charge on any atom is 0.508 e. The summed E-state index contributed by atoms with van der Waals surface area (Å²) in [6, 6.07) is 18.7. The van der Waals surface area contributed by atoms with Gasteiger partial charge in [-0.2, -0.15) is 0 Å². The van der Waals surface area contributed by atoms with E-state index < -0.39 is 32.1 Å². The van der Waals surface area contributed by atoms with Crippen molar-refractivity contribution in [1.29, 1.82) is 0 Å². The lowest BCUT2D eigenvalue weighted by Gasteiger charge is -2.23. The number of nitrogens with zero attached hydrogens (tertiary/aromatic N) is 2. The van der Waals surface area contributed by atoms with Crippen LogP contribution in [0, 0.1) is 0 Å². The molecule has 1 unspecified atom stereocenters. The van der Waals surface area contributed by atoms with Gasteiger partial charge in [0.1, 0.15) is 6.04 Å². The molecule has 2 aromatic carbocycles. The fraction of sp³-hybridized carbons (Fsp3) is 0.515. The molecule has 1 atom stereocenters. The van der Waals surface area contributed by atoms with Gasteiger partial charge in [-0.15, -0.1) is 4.76 Å². The maximum atomic E-state index is 13.4. The highest BCUT2D eigenvalue weighted by Crippen LogP contribution is 2.50. The number of aryl methyl sites for hydroxylation is 2. The molecule has 0 aliphatic carbocycles. The quantitative estimate of drug-likeness (QED) is 0.0456. The smallest absolute Gasteiger partial charge is 0.480 e. The van der Waals surface area contributed by atoms with Crippen LogP contribution in [-0.2, 0) is 50.2 Å². The van der Waals surface area contributed by atoms with Gasteiger partial charge in [0.25, 0.3) is 0 Å². The predicted molar refractivity (Wildman–Crippen MR) is 179 cm³/mol. The molecule has 0 heterocycles. The van der Waals surface area contributed by atoms with Crippen molar-refractivity contribution in [1.82, 2.24) is 4.90 Å². The van der Waals surface area contributed by atoms with Crippen LogP contribution < -0.4 is 5.73 Å². The van der Waals surface area contributed by atoms with Crippen LogP contribution >= 0.6 is 7.75 Å². The first-order chi connectivity index (χ1) is 23.1. The van der Waals surface area contributed by atoms with Crippen molar-refractivity contribution >= 4 is 32.0 Å². The largest absolute Gasteiger partial charge is 0.508 e. The maximum absolute atomic E-state index is 13.4. The molecule has 0 bridgehead atoms. The second kappa shape index (κ2) is 23.2. The number of hydrogen-bond acceptors (Lipinski definition) is 10. The topological polar surface area (TPSA) is 186 Å². The summed E-state index contributed by atoms with van der Waals surface area (Å²) in [5, 5.41) is 9.27. The van der Waals surface area contributed by atoms with Crippen molar-refractivity contribution in [2.75, 3.05) is 46.7 Å². The van der Waals surface area contributed by atoms with E-state index >= 15 is 0 Å². The molecule has 0 amide bonds. The van der Waals surface area contributed by atoms with Crippen LogP contribution in [0.1, 0.15) is 56.6 Å². The fourth-order valence-corrected chi connectivity index (χ4v) is 5.27. The highest BCUT2D eigenvalue weighted by atomic mass is 31.2. The summed E-state index contributed by atoms with van der Waals surface area (Å²) in [5.41, 5.74) is 8.22. The van der Waals surface area contributed by atoms with Crippen LogP contribution in [0.3, 0.4) is 0 Å². The molecule has 0 radical (unpaired) electrons. The molecule has 0 aliphatic heterocycles. The van der Waals surface area contributed by atoms with Gasteiger partial charge >= 0.3 is 26.0 Å². The zero-order valence-corrected chi connectivity index (χ0v) is 28.6. The second-order valence-corrected chi connectivity index (χ2v) is 12.4. The highest BCUT2D eigenvalue weighted by molar-refractivity contribution is 7.52. The molecule has 0 aliphatic rings. The van der Waals surface area contributed by atoms with Gasteiger partial charge < -0.3 is 34.7 Å². The summed E-state index contributed by atoms with van der Waals surface area (Å²) in [6.07, 6.45) is 2.80. The summed E-state index contributed by atoms with van der Waals surface area (Å²) in [6.45, 7) is 1.84. The number of unbranched alkanes of at least 4 members (excludes halogenated alkanes) is 2. The molecule has 266 valence electrons. The highest BCUT2D eigenvalue weighted by Gasteiger charge is 2.27. The molecule has 14 nitrogen and oxygen atoms in total. The Morgan fingerprint density at radius 3 is 1.48 bits per heavy atom. The van der Waals surface area contributed by atoms with Gasteiger partial charge in [-0.1, -0.05) is 60.7 Å². The van der Waals surface area contributed by atoms with Crippen LogP contribution in [0.2, 0.25) is 0 Å². The summed E-state index contributed by atoms with van der Waals surface area (Å²) in [5.74, 6) is -1.50. The number of benzene rings is 2. The van der Waals surface area contributed by atoms with E-state index in [9.17, 15) is 24.1 Å². The minimum Gasteiger partial charge on any atom is -0.480 e. The monoisotopic (exact) mass is 693 g/mol. The van der Waals surface area contributed by atoms with Crippen molar-refractivity contribution in [3.8, 4) is 0 Å². The molecule has 0 saturated heterocycles. The Kier molecular flexibility index (Phi) is 19.4. The molecule has 48 heavy (non-hydrogen) atoms. The minimum atomic E-state index is -4.16. The lowest BCUT2D eigenvalue weighted by molar-refractivity contribution is -0.140. The first-order valence-corrected chi connectivity index (χ1v) is 17.5. The van der Waals surface area contributed by atoms with Crippen LogP contribution in [0.4, 0.5) is 9.59 Å². The zero-order chi connectivity index (χ0) is 35.0. The third-order valence-electron chi connectivity index (χ3n) is 6.90. The van der Waals surface area contributed by atoms with E-state index in [1.54, 1.807) is 0 Å². The van der Waals surface area contributed by atoms with Crippen LogP contribution in [0.15, 0.2) is 65.4 Å². The molecule has 0 spiro atoms. The molecular weight excluding hydrogens is 645 g/mol. The molecule has 0 fully saturated rings. The Hall–Kier alpha value is -4.13. The average Bonchev–Trinajstić information content (AvgIpc) is 3.08. The van der Waals surface area contributed by atoms with Gasteiger partial charge in [0.2, 0.25) is 5.96 Å². The Bertz CT molecular complexity index is 1220. The van der Waals surface area contributed by atoms with Gasteiger partial charge in [0, 0.05) is 7.05 Å². The lowest BCUT2D eigenvalue weighted by Crippen LogP contribution is -2.44. The summed E-state index contributed by atoms with van der Waals surface area (Å²) in [4.78, 5) is 36.1. The number of guanidine groups is 1. The number of nitrogens with two attached hydrogens (primary N) is 1. The van der Waals surface area contributed by atoms with Crippen molar-refractivity contribution in [2.24, 2.45) is 10.5 Å². The molecule has 0 saturated carbocycles. The van der Waals surface area contributed by atoms with Crippen molar-refractivity contribution < 1.29 is 52.1 Å². The minimum absolute atomic E-state index is 0.0613. The molecule has 3 N–H and O–H groups in total. The Morgan fingerprint density at radius 1 is 0.708 bits per heavy atom. The number of carbonyl (C=O) groups is 3. The molecule has 2 aromatic rings. The summed E-state index contributed by atoms with van der Waals surface area (Å²) in [7, 11) is -2.77. The normalized spacial score (nSPS) is 12.2. The average molecular weight is 694 g/mol. The first-order valence-electron chi connectivity index (χ1n) is 16.0. The van der Waals surface area contributed by atoms with Gasteiger partial charge in [0.05, 0.1) is 39.6 Å². The van der Waals surface area contributed by atoms with Crippen molar-refractivity contribution in [2.45, 2.75) is 64.3 Å². The Balaban J connectivity index is 1.68. The van der Waals surface area contributed by atoms with Gasteiger partial charge in [-0.05, 0) is 69.4 Å². The second-order valence-electron chi connectivity index (χ2n) is 10.7. The Morgan fingerprint density at radius 2 is 1.08 bits per heavy atom. The number of likely N-dealkylation sites (N-methyl/N-ethyl adjacent to an activating group) is 1. The third-order valence-corrected chi connectivity index (χ3v) is 8.36. The number of ether oxygens (including phenoxy) is 4. The third kappa shape index (κ3) is 17.7. The van der Waals surface area contributed by atoms with Crippen LogP contribution in [-0.4, -0.2) is 87.0 Å². The van der Waals surface area contributed by atoms with E-state index in [1.807, 2.05) is 60.7 Å². The summed E-state index contributed by atoms with van der Waals surface area (Å²) < 4.78 is 48.5. The number of rotatable bonds is 23. The molecule has 2 rings (SSSR count). The van der Waals surface area contributed by atoms with Crippen LogP contribution in [0.25, 0.3) is 0 Å². The standard InChI is InChI=1S/C33H48N3O11P/c1-27(30(37)38)36(2)31(34)35-48(41,46-25-11-9-21-42-32(39)44-23-13-19-28-15-5-3-6-16-28)47-26-12-10-22-43-33(40)45-24-14-20-29-17-7-4-8-18-29/h3-8,15-18,27H,9-14,19-26H2,1-2H3,(H,37,38)(H2,34,35,41). The molecular formula is C33H48N3O11P. The van der Waals surface area contributed by atoms with E-state index in [4.69, 9.17) is 33.7 Å². The van der Waals surface area contributed by atoms with Gasteiger partial charge in [-0.25, -0.2) is 18.9 Å². The number of aliphatic carboxylic acids is 1. The number of carboxylic acids is 1.